The normalized spacial score (nSPS) is 22.8. The molecule has 0 saturated heterocycles. The largest absolute Gasteiger partial charge is 0.490 e. The lowest BCUT2D eigenvalue weighted by Gasteiger charge is -2.28. The Morgan fingerprint density at radius 3 is 2.36 bits per heavy atom. The Bertz CT molecular complexity index is 744. The van der Waals surface area contributed by atoms with Crippen molar-refractivity contribution in [3.63, 3.8) is 0 Å². The van der Waals surface area contributed by atoms with Crippen molar-refractivity contribution in [1.82, 2.24) is 0 Å². The molecule has 1 aliphatic rings. The van der Waals surface area contributed by atoms with Crippen LogP contribution in [0.3, 0.4) is 0 Å². The summed E-state index contributed by atoms with van der Waals surface area (Å²) in [6, 6.07) is 7.61. The molecule has 0 aliphatic heterocycles. The van der Waals surface area contributed by atoms with Crippen LogP contribution in [-0.4, -0.2) is 11.2 Å². The number of alkyl halides is 3. The summed E-state index contributed by atoms with van der Waals surface area (Å²) in [6.45, 7) is 3.75. The van der Waals surface area contributed by atoms with E-state index in [1.54, 1.807) is 19.1 Å². The minimum atomic E-state index is -4.50. The average Bonchev–Trinajstić information content (AvgIpc) is 2.55. The summed E-state index contributed by atoms with van der Waals surface area (Å²) in [6.07, 6.45) is -1.84. The molecule has 0 spiro atoms. The second-order valence-electron chi connectivity index (χ2n) is 7.09. The first-order chi connectivity index (χ1) is 11.8. The molecule has 1 atom stereocenters. The van der Waals surface area contributed by atoms with Crippen molar-refractivity contribution in [2.24, 2.45) is 5.92 Å². The molecule has 0 heterocycles. The summed E-state index contributed by atoms with van der Waals surface area (Å²) in [4.78, 5) is 0. The van der Waals surface area contributed by atoms with Crippen molar-refractivity contribution in [2.45, 2.75) is 57.9 Å². The van der Waals surface area contributed by atoms with Gasteiger partial charge in [0.1, 0.15) is 11.3 Å². The van der Waals surface area contributed by atoms with Crippen LogP contribution in [0.25, 0.3) is 10.8 Å². The van der Waals surface area contributed by atoms with Crippen LogP contribution >= 0.6 is 0 Å². The van der Waals surface area contributed by atoms with Gasteiger partial charge in [-0.1, -0.05) is 25.1 Å². The highest BCUT2D eigenvalue weighted by atomic mass is 19.4. The van der Waals surface area contributed by atoms with Gasteiger partial charge in [-0.25, -0.2) is 0 Å². The Morgan fingerprint density at radius 1 is 1.08 bits per heavy atom. The van der Waals surface area contributed by atoms with Crippen molar-refractivity contribution in [1.29, 1.82) is 0 Å². The fourth-order valence-electron chi connectivity index (χ4n) is 3.51. The number of ether oxygens (including phenoxy) is 1. The summed E-state index contributed by atoms with van der Waals surface area (Å²) < 4.78 is 47.0. The van der Waals surface area contributed by atoms with Crippen LogP contribution in [0.1, 0.15) is 56.8 Å². The van der Waals surface area contributed by atoms with Crippen molar-refractivity contribution in [3.05, 3.63) is 41.5 Å². The Labute approximate surface area is 145 Å². The summed E-state index contributed by atoms with van der Waals surface area (Å²) >= 11 is 0. The number of fused-ring (bicyclic) bond motifs is 1. The van der Waals surface area contributed by atoms with E-state index in [2.05, 4.69) is 6.92 Å². The van der Waals surface area contributed by atoms with Gasteiger partial charge < -0.3 is 9.84 Å². The molecule has 2 aromatic carbocycles. The topological polar surface area (TPSA) is 29.5 Å². The highest BCUT2D eigenvalue weighted by Gasteiger charge is 2.37. The van der Waals surface area contributed by atoms with Crippen LogP contribution in [0.15, 0.2) is 30.3 Å². The SMILES string of the molecule is CC1CCC(Oc2ccc3cc(C(C)O)ccc3c2C(F)(F)F)CC1. The molecule has 136 valence electrons. The molecular weight excluding hydrogens is 329 g/mol. The maximum Gasteiger partial charge on any atom is 0.420 e. The van der Waals surface area contributed by atoms with E-state index in [0.717, 1.165) is 25.7 Å². The molecule has 2 aromatic rings. The first-order valence-corrected chi connectivity index (χ1v) is 8.74. The van der Waals surface area contributed by atoms with Gasteiger partial charge in [-0.2, -0.15) is 13.2 Å². The predicted molar refractivity (Wildman–Crippen MR) is 91.6 cm³/mol. The molecule has 1 unspecified atom stereocenters. The maximum atomic E-state index is 13.7. The Kier molecular flexibility index (Phi) is 4.96. The van der Waals surface area contributed by atoms with Gasteiger partial charge >= 0.3 is 6.18 Å². The third-order valence-corrected chi connectivity index (χ3v) is 5.03. The summed E-state index contributed by atoms with van der Waals surface area (Å²) in [7, 11) is 0. The Hall–Kier alpha value is -1.75. The zero-order valence-electron chi connectivity index (χ0n) is 14.4. The molecule has 0 aromatic heterocycles. The van der Waals surface area contributed by atoms with Crippen LogP contribution in [0.2, 0.25) is 0 Å². The smallest absolute Gasteiger partial charge is 0.420 e. The summed E-state index contributed by atoms with van der Waals surface area (Å²) in [5, 5.41) is 10.2. The van der Waals surface area contributed by atoms with Gasteiger partial charge in [-0.05, 0) is 67.0 Å². The lowest BCUT2D eigenvalue weighted by Crippen LogP contribution is -2.24. The van der Waals surface area contributed by atoms with E-state index in [4.69, 9.17) is 4.74 Å². The molecule has 0 amide bonds. The van der Waals surface area contributed by atoms with E-state index in [-0.39, 0.29) is 17.2 Å². The van der Waals surface area contributed by atoms with Gasteiger partial charge in [0.2, 0.25) is 0 Å². The molecule has 1 fully saturated rings. The third-order valence-electron chi connectivity index (χ3n) is 5.03. The molecule has 0 radical (unpaired) electrons. The van der Waals surface area contributed by atoms with E-state index in [1.165, 1.54) is 18.2 Å². The van der Waals surface area contributed by atoms with Crippen LogP contribution in [0, 0.1) is 5.92 Å². The van der Waals surface area contributed by atoms with Crippen LogP contribution < -0.4 is 4.74 Å². The van der Waals surface area contributed by atoms with Gasteiger partial charge in [-0.15, -0.1) is 0 Å². The number of rotatable bonds is 3. The Morgan fingerprint density at radius 2 is 1.76 bits per heavy atom. The molecule has 2 nitrogen and oxygen atoms in total. The van der Waals surface area contributed by atoms with Crippen LogP contribution in [0.4, 0.5) is 13.2 Å². The molecule has 0 bridgehead atoms. The zero-order chi connectivity index (χ0) is 18.2. The second kappa shape index (κ2) is 6.87. The second-order valence-corrected chi connectivity index (χ2v) is 7.09. The summed E-state index contributed by atoms with van der Waals surface area (Å²) in [5.74, 6) is 0.516. The molecule has 25 heavy (non-hydrogen) atoms. The summed E-state index contributed by atoms with van der Waals surface area (Å²) in [5.41, 5.74) is -0.128. The number of hydrogen-bond donors (Lipinski definition) is 1. The molecule has 1 N–H and O–H groups in total. The van der Waals surface area contributed by atoms with Crippen molar-refractivity contribution in [3.8, 4) is 5.75 Å². The molecular formula is C20H23F3O2. The monoisotopic (exact) mass is 352 g/mol. The molecule has 5 heteroatoms. The predicted octanol–water partition coefficient (Wildman–Crippen LogP) is 5.87. The first-order valence-electron chi connectivity index (χ1n) is 8.74. The lowest BCUT2D eigenvalue weighted by atomic mass is 9.89. The van der Waals surface area contributed by atoms with Crippen molar-refractivity contribution in [2.75, 3.05) is 0 Å². The minimum absolute atomic E-state index is 0.0932. The Balaban J connectivity index is 2.01. The van der Waals surface area contributed by atoms with Gasteiger partial charge in [0.05, 0.1) is 12.2 Å². The maximum absolute atomic E-state index is 13.7. The number of benzene rings is 2. The first kappa shape index (κ1) is 18.1. The van der Waals surface area contributed by atoms with E-state index in [0.29, 0.717) is 16.9 Å². The number of aliphatic hydroxyl groups excluding tert-OH is 1. The fraction of sp³-hybridized carbons (Fsp3) is 0.500. The zero-order valence-corrected chi connectivity index (χ0v) is 14.4. The van der Waals surface area contributed by atoms with Gasteiger partial charge in [0.25, 0.3) is 0 Å². The molecule has 3 rings (SSSR count). The lowest BCUT2D eigenvalue weighted by molar-refractivity contribution is -0.138. The van der Waals surface area contributed by atoms with Crippen LogP contribution in [-0.2, 0) is 6.18 Å². The number of halogens is 3. The van der Waals surface area contributed by atoms with E-state index in [9.17, 15) is 18.3 Å². The number of hydrogen-bond acceptors (Lipinski definition) is 2. The van der Waals surface area contributed by atoms with Crippen molar-refractivity contribution >= 4 is 10.8 Å². The quantitative estimate of drug-likeness (QED) is 0.748. The average molecular weight is 352 g/mol. The van der Waals surface area contributed by atoms with Crippen LogP contribution in [0.5, 0.6) is 5.75 Å². The van der Waals surface area contributed by atoms with E-state index >= 15 is 0 Å². The van der Waals surface area contributed by atoms with Gasteiger partial charge in [0.15, 0.2) is 0 Å². The molecule has 1 aliphatic carbocycles. The van der Waals surface area contributed by atoms with Gasteiger partial charge in [0, 0.05) is 0 Å². The highest BCUT2D eigenvalue weighted by molar-refractivity contribution is 5.89. The van der Waals surface area contributed by atoms with Crippen molar-refractivity contribution < 1.29 is 23.0 Å². The standard InChI is InChI=1S/C20H23F3O2/c1-12-3-7-16(8-4-12)25-18-10-6-15-11-14(13(2)24)5-9-17(15)19(18)20(21,22)23/h5-6,9-13,16,24H,3-4,7-8H2,1-2H3. The van der Waals surface area contributed by atoms with E-state index < -0.39 is 17.8 Å². The highest BCUT2D eigenvalue weighted by Crippen LogP contribution is 2.43. The third kappa shape index (κ3) is 3.92. The minimum Gasteiger partial charge on any atom is -0.490 e. The van der Waals surface area contributed by atoms with Gasteiger partial charge in [-0.3, -0.25) is 0 Å². The fourth-order valence-corrected chi connectivity index (χ4v) is 3.51. The van der Waals surface area contributed by atoms with E-state index in [1.807, 2.05) is 0 Å². The molecule has 1 saturated carbocycles. The number of aliphatic hydroxyl groups is 1.